The first-order chi connectivity index (χ1) is 8.08. The predicted molar refractivity (Wildman–Crippen MR) is 61.5 cm³/mol. The number of hydrogen-bond acceptors (Lipinski definition) is 4. The smallest absolute Gasteiger partial charge is 0.346 e. The van der Waals surface area contributed by atoms with Crippen LogP contribution < -0.4 is 16.3 Å². The number of amides is 1. The zero-order chi connectivity index (χ0) is 12.4. The monoisotopic (exact) mass is 239 g/mol. The molecule has 0 atom stereocenters. The second kappa shape index (κ2) is 4.70. The summed E-state index contributed by atoms with van der Waals surface area (Å²) in [6.45, 7) is 5.69. The second-order valence-electron chi connectivity index (χ2n) is 4.41. The van der Waals surface area contributed by atoms with Crippen molar-refractivity contribution in [1.82, 2.24) is 25.0 Å². The number of aromatic nitrogens is 3. The Hall–Kier alpha value is -1.63. The Morgan fingerprint density at radius 3 is 3.00 bits per heavy atom. The summed E-state index contributed by atoms with van der Waals surface area (Å²) >= 11 is 0. The molecule has 0 saturated heterocycles. The molecule has 7 heteroatoms. The van der Waals surface area contributed by atoms with Crippen molar-refractivity contribution in [3.8, 4) is 0 Å². The van der Waals surface area contributed by atoms with E-state index in [1.165, 1.54) is 4.68 Å². The lowest BCUT2D eigenvalue weighted by atomic mass is 10.4. The molecule has 0 bridgehead atoms. The first kappa shape index (κ1) is 11.8. The molecule has 7 nitrogen and oxygen atoms in total. The van der Waals surface area contributed by atoms with Crippen LogP contribution in [0.25, 0.3) is 0 Å². The van der Waals surface area contributed by atoms with Crippen molar-refractivity contribution in [3.63, 3.8) is 0 Å². The van der Waals surface area contributed by atoms with Crippen LogP contribution in [0.3, 0.4) is 0 Å². The normalized spacial score (nSPS) is 14.8. The third-order valence-corrected chi connectivity index (χ3v) is 2.54. The maximum atomic E-state index is 11.9. The van der Waals surface area contributed by atoms with Gasteiger partial charge in [0.15, 0.2) is 0 Å². The molecule has 1 aromatic heterocycles. The standard InChI is InChI=1S/C10H17N5O2/c1-7(2)12-9(16)6-15-10(17)14-4-3-11-5-8(14)13-15/h7,11H,3-6H2,1-2H3,(H,12,16). The molecule has 1 amide bonds. The molecule has 0 fully saturated rings. The largest absolute Gasteiger partial charge is 0.352 e. The molecule has 1 aliphatic rings. The molecular weight excluding hydrogens is 222 g/mol. The molecule has 2 N–H and O–H groups in total. The Morgan fingerprint density at radius 2 is 2.35 bits per heavy atom. The maximum absolute atomic E-state index is 11.9. The van der Waals surface area contributed by atoms with Gasteiger partial charge in [-0.25, -0.2) is 9.48 Å². The number of rotatable bonds is 3. The Bertz CT molecular complexity index is 474. The minimum Gasteiger partial charge on any atom is -0.352 e. The van der Waals surface area contributed by atoms with Crippen LogP contribution in [0.1, 0.15) is 19.7 Å². The molecular formula is C10H17N5O2. The fourth-order valence-electron chi connectivity index (χ4n) is 1.84. The van der Waals surface area contributed by atoms with E-state index in [9.17, 15) is 9.59 Å². The lowest BCUT2D eigenvalue weighted by Crippen LogP contribution is -2.38. The zero-order valence-electron chi connectivity index (χ0n) is 10.1. The number of carbonyl (C=O) groups excluding carboxylic acids is 1. The van der Waals surface area contributed by atoms with Gasteiger partial charge in [-0.2, -0.15) is 5.10 Å². The zero-order valence-corrected chi connectivity index (χ0v) is 10.1. The van der Waals surface area contributed by atoms with Crippen LogP contribution in [0, 0.1) is 0 Å². The molecule has 0 unspecified atom stereocenters. The van der Waals surface area contributed by atoms with Gasteiger partial charge in [0.1, 0.15) is 12.4 Å². The predicted octanol–water partition coefficient (Wildman–Crippen LogP) is -1.33. The van der Waals surface area contributed by atoms with Crippen molar-refractivity contribution >= 4 is 5.91 Å². The van der Waals surface area contributed by atoms with E-state index in [-0.39, 0.29) is 24.2 Å². The molecule has 2 heterocycles. The second-order valence-corrected chi connectivity index (χ2v) is 4.41. The highest BCUT2D eigenvalue weighted by atomic mass is 16.2. The van der Waals surface area contributed by atoms with E-state index in [0.717, 1.165) is 6.54 Å². The van der Waals surface area contributed by atoms with Crippen molar-refractivity contribution in [1.29, 1.82) is 0 Å². The van der Waals surface area contributed by atoms with E-state index >= 15 is 0 Å². The summed E-state index contributed by atoms with van der Waals surface area (Å²) in [7, 11) is 0. The molecule has 0 aliphatic carbocycles. The third-order valence-electron chi connectivity index (χ3n) is 2.54. The maximum Gasteiger partial charge on any atom is 0.346 e. The van der Waals surface area contributed by atoms with Crippen LogP contribution in [0.2, 0.25) is 0 Å². The number of carbonyl (C=O) groups is 1. The van der Waals surface area contributed by atoms with E-state index in [2.05, 4.69) is 15.7 Å². The highest BCUT2D eigenvalue weighted by Gasteiger charge is 2.17. The van der Waals surface area contributed by atoms with Crippen molar-refractivity contribution in [3.05, 3.63) is 16.3 Å². The van der Waals surface area contributed by atoms with Crippen molar-refractivity contribution in [2.45, 2.75) is 39.5 Å². The number of hydrogen-bond donors (Lipinski definition) is 2. The van der Waals surface area contributed by atoms with Crippen LogP contribution in [-0.2, 0) is 24.4 Å². The molecule has 0 saturated carbocycles. The summed E-state index contributed by atoms with van der Waals surface area (Å²) in [5.74, 6) is 0.504. The SMILES string of the molecule is CC(C)NC(=O)Cn1nc2n(c1=O)CCNC2. The highest BCUT2D eigenvalue weighted by molar-refractivity contribution is 5.75. The first-order valence-electron chi connectivity index (χ1n) is 5.74. The summed E-state index contributed by atoms with van der Waals surface area (Å²) < 4.78 is 2.83. The molecule has 17 heavy (non-hydrogen) atoms. The fraction of sp³-hybridized carbons (Fsp3) is 0.700. The highest BCUT2D eigenvalue weighted by Crippen LogP contribution is 1.97. The van der Waals surface area contributed by atoms with Gasteiger partial charge in [0, 0.05) is 19.1 Å². The molecule has 1 aromatic rings. The summed E-state index contributed by atoms with van der Waals surface area (Å²) in [6, 6.07) is 0.0668. The summed E-state index contributed by atoms with van der Waals surface area (Å²) in [5, 5.41) is 10.0. The average molecular weight is 239 g/mol. The van der Waals surface area contributed by atoms with Gasteiger partial charge in [-0.05, 0) is 13.8 Å². The summed E-state index contributed by atoms with van der Waals surface area (Å²) in [4.78, 5) is 23.4. The minimum atomic E-state index is -0.208. The van der Waals surface area contributed by atoms with Gasteiger partial charge < -0.3 is 10.6 Å². The summed E-state index contributed by atoms with van der Waals surface area (Å²) in [5.41, 5.74) is -0.208. The van der Waals surface area contributed by atoms with Gasteiger partial charge in [-0.15, -0.1) is 0 Å². The topological polar surface area (TPSA) is 81.0 Å². The van der Waals surface area contributed by atoms with E-state index in [1.54, 1.807) is 4.57 Å². The van der Waals surface area contributed by atoms with Crippen LogP contribution in [0.4, 0.5) is 0 Å². The van der Waals surface area contributed by atoms with Crippen LogP contribution in [0.15, 0.2) is 4.79 Å². The van der Waals surface area contributed by atoms with Gasteiger partial charge in [-0.1, -0.05) is 0 Å². The number of fused-ring (bicyclic) bond motifs is 1. The Labute approximate surface area is 98.8 Å². The Morgan fingerprint density at radius 1 is 1.59 bits per heavy atom. The van der Waals surface area contributed by atoms with E-state index in [0.29, 0.717) is 18.9 Å². The van der Waals surface area contributed by atoms with Gasteiger partial charge in [-0.3, -0.25) is 9.36 Å². The van der Waals surface area contributed by atoms with E-state index in [1.807, 2.05) is 13.8 Å². The quantitative estimate of drug-likeness (QED) is 0.685. The lowest BCUT2D eigenvalue weighted by molar-refractivity contribution is -0.122. The molecule has 94 valence electrons. The average Bonchev–Trinajstić information content (AvgIpc) is 2.55. The van der Waals surface area contributed by atoms with Crippen molar-refractivity contribution in [2.75, 3.05) is 6.54 Å². The summed E-state index contributed by atoms with van der Waals surface area (Å²) in [6.07, 6.45) is 0. The van der Waals surface area contributed by atoms with Gasteiger partial charge >= 0.3 is 5.69 Å². The van der Waals surface area contributed by atoms with Gasteiger partial charge in [0.25, 0.3) is 0 Å². The Kier molecular flexibility index (Phi) is 3.28. The van der Waals surface area contributed by atoms with Crippen molar-refractivity contribution < 1.29 is 4.79 Å². The molecule has 0 aromatic carbocycles. The van der Waals surface area contributed by atoms with E-state index in [4.69, 9.17) is 0 Å². The molecule has 2 rings (SSSR count). The van der Waals surface area contributed by atoms with Crippen molar-refractivity contribution in [2.24, 2.45) is 0 Å². The minimum absolute atomic E-state index is 0.0169. The van der Waals surface area contributed by atoms with Crippen LogP contribution >= 0.6 is 0 Å². The number of nitrogens with zero attached hydrogens (tertiary/aromatic N) is 3. The van der Waals surface area contributed by atoms with Gasteiger partial charge in [0.05, 0.1) is 6.54 Å². The fourth-order valence-corrected chi connectivity index (χ4v) is 1.84. The Balaban J connectivity index is 2.14. The molecule has 0 spiro atoms. The van der Waals surface area contributed by atoms with Gasteiger partial charge in [0.2, 0.25) is 5.91 Å². The lowest BCUT2D eigenvalue weighted by Gasteiger charge is -2.11. The third kappa shape index (κ3) is 2.55. The van der Waals surface area contributed by atoms with Crippen LogP contribution in [-0.4, -0.2) is 32.8 Å². The molecule has 0 radical (unpaired) electrons. The van der Waals surface area contributed by atoms with Crippen LogP contribution in [0.5, 0.6) is 0 Å². The number of nitrogens with one attached hydrogen (secondary N) is 2. The van der Waals surface area contributed by atoms with E-state index < -0.39 is 0 Å². The molecule has 1 aliphatic heterocycles. The first-order valence-corrected chi connectivity index (χ1v) is 5.74.